The van der Waals surface area contributed by atoms with Crippen LogP contribution in [0.4, 0.5) is 0 Å². The molecule has 3 heteroatoms. The quantitative estimate of drug-likeness (QED) is 0.807. The predicted octanol–water partition coefficient (Wildman–Crippen LogP) is 1.31. The monoisotopic (exact) mass is 204 g/mol. The number of carbonyl (C=O) groups excluding carboxylic acids is 1. The normalized spacial score (nSPS) is 21.0. The van der Waals surface area contributed by atoms with E-state index in [1.807, 2.05) is 23.1 Å². The third-order valence-electron chi connectivity index (χ3n) is 2.88. The number of nitrogens with zero attached hydrogens (tertiary/aromatic N) is 1. The topological polar surface area (TPSA) is 46.3 Å². The molecule has 1 atom stereocenters. The molecule has 1 aliphatic heterocycles. The van der Waals surface area contributed by atoms with Crippen LogP contribution in [0.1, 0.15) is 24.4 Å². The van der Waals surface area contributed by atoms with Crippen molar-refractivity contribution in [2.75, 3.05) is 13.1 Å². The van der Waals surface area contributed by atoms with Gasteiger partial charge >= 0.3 is 0 Å². The van der Waals surface area contributed by atoms with Gasteiger partial charge in [-0.1, -0.05) is 30.3 Å². The van der Waals surface area contributed by atoms with Crippen LogP contribution in [0.25, 0.3) is 0 Å². The standard InChI is InChI=1S/C12H16N2O/c13-8-9-14-11(6-7-12(14)15)10-4-2-1-3-5-10/h1-5,11H,6-9,13H2. The summed E-state index contributed by atoms with van der Waals surface area (Å²) in [4.78, 5) is 13.5. The molecule has 0 radical (unpaired) electrons. The molecule has 1 aromatic rings. The Morgan fingerprint density at radius 3 is 2.73 bits per heavy atom. The second-order valence-corrected chi connectivity index (χ2v) is 3.84. The van der Waals surface area contributed by atoms with Crippen LogP contribution < -0.4 is 5.73 Å². The Morgan fingerprint density at radius 2 is 2.07 bits per heavy atom. The summed E-state index contributed by atoms with van der Waals surface area (Å²) in [5.74, 6) is 0.231. The van der Waals surface area contributed by atoms with E-state index in [1.54, 1.807) is 0 Å². The fourth-order valence-electron chi connectivity index (χ4n) is 2.17. The van der Waals surface area contributed by atoms with E-state index in [2.05, 4.69) is 12.1 Å². The van der Waals surface area contributed by atoms with Gasteiger partial charge in [-0.25, -0.2) is 0 Å². The zero-order valence-electron chi connectivity index (χ0n) is 8.73. The van der Waals surface area contributed by atoms with E-state index in [4.69, 9.17) is 5.73 Å². The van der Waals surface area contributed by atoms with Gasteiger partial charge in [0.25, 0.3) is 0 Å². The lowest BCUT2D eigenvalue weighted by Crippen LogP contribution is -2.32. The third-order valence-corrected chi connectivity index (χ3v) is 2.88. The van der Waals surface area contributed by atoms with Gasteiger partial charge in [-0.15, -0.1) is 0 Å². The molecule has 80 valence electrons. The zero-order chi connectivity index (χ0) is 10.7. The molecule has 1 fully saturated rings. The van der Waals surface area contributed by atoms with Crippen molar-refractivity contribution in [3.8, 4) is 0 Å². The number of hydrogen-bond donors (Lipinski definition) is 1. The Hall–Kier alpha value is -1.35. The highest BCUT2D eigenvalue weighted by molar-refractivity contribution is 5.79. The number of likely N-dealkylation sites (tertiary alicyclic amines) is 1. The summed E-state index contributed by atoms with van der Waals surface area (Å²) < 4.78 is 0. The number of amides is 1. The third kappa shape index (κ3) is 2.02. The van der Waals surface area contributed by atoms with Crippen molar-refractivity contribution < 1.29 is 4.79 Å². The molecule has 0 bridgehead atoms. The molecule has 1 saturated heterocycles. The van der Waals surface area contributed by atoms with Gasteiger partial charge in [-0.05, 0) is 12.0 Å². The molecule has 0 aliphatic carbocycles. The smallest absolute Gasteiger partial charge is 0.223 e. The minimum Gasteiger partial charge on any atom is -0.334 e. The first-order valence-electron chi connectivity index (χ1n) is 5.37. The highest BCUT2D eigenvalue weighted by atomic mass is 16.2. The summed E-state index contributed by atoms with van der Waals surface area (Å²) in [5, 5.41) is 0. The summed E-state index contributed by atoms with van der Waals surface area (Å²) in [6.45, 7) is 1.20. The SMILES string of the molecule is NCCN1C(=O)CCC1c1ccccc1. The Morgan fingerprint density at radius 1 is 1.33 bits per heavy atom. The molecule has 1 aliphatic rings. The van der Waals surface area contributed by atoms with Crippen molar-refractivity contribution >= 4 is 5.91 Å². The van der Waals surface area contributed by atoms with Crippen LogP contribution in [0.3, 0.4) is 0 Å². The maximum Gasteiger partial charge on any atom is 0.223 e. The molecule has 1 unspecified atom stereocenters. The van der Waals surface area contributed by atoms with Crippen LogP contribution in [-0.4, -0.2) is 23.9 Å². The van der Waals surface area contributed by atoms with Crippen molar-refractivity contribution in [2.45, 2.75) is 18.9 Å². The van der Waals surface area contributed by atoms with E-state index in [1.165, 1.54) is 5.56 Å². The van der Waals surface area contributed by atoms with Gasteiger partial charge in [-0.2, -0.15) is 0 Å². The van der Waals surface area contributed by atoms with Crippen LogP contribution in [-0.2, 0) is 4.79 Å². The Balaban J connectivity index is 2.18. The van der Waals surface area contributed by atoms with E-state index in [0.717, 1.165) is 6.42 Å². The lowest BCUT2D eigenvalue weighted by Gasteiger charge is -2.24. The number of rotatable bonds is 3. The average Bonchev–Trinajstić information content (AvgIpc) is 2.63. The lowest BCUT2D eigenvalue weighted by molar-refractivity contribution is -0.128. The van der Waals surface area contributed by atoms with Crippen molar-refractivity contribution in [3.05, 3.63) is 35.9 Å². The van der Waals surface area contributed by atoms with Crippen LogP contribution in [0, 0.1) is 0 Å². The van der Waals surface area contributed by atoms with E-state index < -0.39 is 0 Å². The van der Waals surface area contributed by atoms with Crippen molar-refractivity contribution in [1.82, 2.24) is 4.90 Å². The molecule has 0 spiro atoms. The molecule has 3 nitrogen and oxygen atoms in total. The summed E-state index contributed by atoms with van der Waals surface area (Å²) in [6.07, 6.45) is 1.57. The molecular weight excluding hydrogens is 188 g/mol. The zero-order valence-corrected chi connectivity index (χ0v) is 8.73. The Kier molecular flexibility index (Phi) is 3.02. The fraction of sp³-hybridized carbons (Fsp3) is 0.417. The summed E-state index contributed by atoms with van der Waals surface area (Å²) in [6, 6.07) is 10.4. The number of hydrogen-bond acceptors (Lipinski definition) is 2. The highest BCUT2D eigenvalue weighted by Crippen LogP contribution is 2.31. The predicted molar refractivity (Wildman–Crippen MR) is 59.2 cm³/mol. The minimum absolute atomic E-state index is 0.231. The Bertz CT molecular complexity index is 337. The van der Waals surface area contributed by atoms with E-state index in [-0.39, 0.29) is 11.9 Å². The van der Waals surface area contributed by atoms with Crippen LogP contribution in [0.15, 0.2) is 30.3 Å². The minimum atomic E-state index is 0.231. The van der Waals surface area contributed by atoms with E-state index >= 15 is 0 Å². The maximum absolute atomic E-state index is 11.6. The lowest BCUT2D eigenvalue weighted by atomic mass is 10.0. The van der Waals surface area contributed by atoms with Crippen LogP contribution >= 0.6 is 0 Å². The molecular formula is C12H16N2O. The molecule has 0 saturated carbocycles. The summed E-state index contributed by atoms with van der Waals surface area (Å²) in [5.41, 5.74) is 6.74. The fourth-order valence-corrected chi connectivity index (χ4v) is 2.17. The second kappa shape index (κ2) is 4.45. The Labute approximate surface area is 89.9 Å². The summed E-state index contributed by atoms with van der Waals surface area (Å²) >= 11 is 0. The largest absolute Gasteiger partial charge is 0.334 e. The molecule has 2 N–H and O–H groups in total. The van der Waals surface area contributed by atoms with Gasteiger partial charge in [-0.3, -0.25) is 4.79 Å². The number of benzene rings is 1. The van der Waals surface area contributed by atoms with Crippen molar-refractivity contribution in [2.24, 2.45) is 5.73 Å². The van der Waals surface area contributed by atoms with Gasteiger partial charge in [0.15, 0.2) is 0 Å². The highest BCUT2D eigenvalue weighted by Gasteiger charge is 2.30. The van der Waals surface area contributed by atoms with Gasteiger partial charge in [0.2, 0.25) is 5.91 Å². The molecule has 0 aromatic heterocycles. The first-order valence-corrected chi connectivity index (χ1v) is 5.37. The van der Waals surface area contributed by atoms with Crippen LogP contribution in [0.5, 0.6) is 0 Å². The first kappa shape index (κ1) is 10.2. The second-order valence-electron chi connectivity index (χ2n) is 3.84. The van der Waals surface area contributed by atoms with E-state index in [0.29, 0.717) is 19.5 Å². The number of carbonyl (C=O) groups is 1. The van der Waals surface area contributed by atoms with E-state index in [9.17, 15) is 4.79 Å². The molecule has 15 heavy (non-hydrogen) atoms. The van der Waals surface area contributed by atoms with Gasteiger partial charge < -0.3 is 10.6 Å². The molecule has 1 amide bonds. The molecule has 1 aromatic carbocycles. The maximum atomic E-state index is 11.6. The number of nitrogens with two attached hydrogens (primary N) is 1. The van der Waals surface area contributed by atoms with Gasteiger partial charge in [0.1, 0.15) is 0 Å². The first-order chi connectivity index (χ1) is 7.33. The van der Waals surface area contributed by atoms with Crippen molar-refractivity contribution in [1.29, 1.82) is 0 Å². The molecule has 2 rings (SSSR count). The summed E-state index contributed by atoms with van der Waals surface area (Å²) in [7, 11) is 0. The van der Waals surface area contributed by atoms with Crippen LogP contribution in [0.2, 0.25) is 0 Å². The van der Waals surface area contributed by atoms with Crippen molar-refractivity contribution in [3.63, 3.8) is 0 Å². The van der Waals surface area contributed by atoms with Gasteiger partial charge in [0.05, 0.1) is 6.04 Å². The average molecular weight is 204 g/mol. The van der Waals surface area contributed by atoms with Gasteiger partial charge in [0, 0.05) is 19.5 Å². The molecule has 1 heterocycles.